The van der Waals surface area contributed by atoms with Crippen LogP contribution in [0.3, 0.4) is 0 Å². The van der Waals surface area contributed by atoms with Gasteiger partial charge in [0.2, 0.25) is 0 Å². The van der Waals surface area contributed by atoms with Gasteiger partial charge in [-0.1, -0.05) is 31.2 Å². The van der Waals surface area contributed by atoms with Crippen molar-refractivity contribution < 1.29 is 9.53 Å². The molecule has 0 radical (unpaired) electrons. The number of hydrogen-bond donors (Lipinski definition) is 0. The summed E-state index contributed by atoms with van der Waals surface area (Å²) in [6.45, 7) is 8.19. The molecular formula is C14H20O2. The molecule has 0 aliphatic carbocycles. The minimum Gasteiger partial charge on any atom is -0.465 e. The van der Waals surface area contributed by atoms with E-state index in [-0.39, 0.29) is 5.97 Å². The molecule has 0 unspecified atom stereocenters. The topological polar surface area (TPSA) is 26.3 Å². The summed E-state index contributed by atoms with van der Waals surface area (Å²) in [7, 11) is 0. The van der Waals surface area contributed by atoms with Gasteiger partial charge in [0.25, 0.3) is 0 Å². The Morgan fingerprint density at radius 1 is 1.25 bits per heavy atom. The molecule has 2 nitrogen and oxygen atoms in total. The minimum atomic E-state index is -0.567. The lowest BCUT2D eigenvalue weighted by Gasteiger charge is -2.25. The lowest BCUT2D eigenvalue weighted by molar-refractivity contribution is -0.148. The van der Waals surface area contributed by atoms with E-state index in [0.29, 0.717) is 6.61 Å². The van der Waals surface area contributed by atoms with Crippen molar-refractivity contribution in [3.63, 3.8) is 0 Å². The molecule has 0 heterocycles. The van der Waals surface area contributed by atoms with Crippen LogP contribution in [0.1, 0.15) is 38.8 Å². The zero-order valence-corrected chi connectivity index (χ0v) is 10.5. The Kier molecular flexibility index (Phi) is 4.11. The SMILES string of the molecule is CCOC(=O)C(C)(C)c1ccccc1CC. The second kappa shape index (κ2) is 5.15. The molecule has 1 aromatic carbocycles. The molecule has 0 saturated carbocycles. The van der Waals surface area contributed by atoms with Gasteiger partial charge in [-0.05, 0) is 38.3 Å². The molecule has 0 aliphatic rings. The van der Waals surface area contributed by atoms with Gasteiger partial charge in [-0.3, -0.25) is 4.79 Å². The van der Waals surface area contributed by atoms with Gasteiger partial charge in [-0.2, -0.15) is 0 Å². The van der Waals surface area contributed by atoms with Crippen LogP contribution in [0.25, 0.3) is 0 Å². The van der Waals surface area contributed by atoms with Gasteiger partial charge in [0.05, 0.1) is 12.0 Å². The highest BCUT2D eigenvalue weighted by atomic mass is 16.5. The summed E-state index contributed by atoms with van der Waals surface area (Å²) in [5.74, 6) is -0.157. The fraction of sp³-hybridized carbons (Fsp3) is 0.500. The molecule has 0 aromatic heterocycles. The Hall–Kier alpha value is -1.31. The van der Waals surface area contributed by atoms with Crippen LogP contribution in [0.4, 0.5) is 0 Å². The standard InChI is InChI=1S/C14H20O2/c1-5-11-9-7-8-10-12(11)14(3,4)13(15)16-6-2/h7-10H,5-6H2,1-4H3. The van der Waals surface area contributed by atoms with Crippen molar-refractivity contribution in [2.75, 3.05) is 6.61 Å². The third-order valence-corrected chi connectivity index (χ3v) is 2.86. The summed E-state index contributed by atoms with van der Waals surface area (Å²) in [6, 6.07) is 8.05. The number of aryl methyl sites for hydroxylation is 1. The van der Waals surface area contributed by atoms with Crippen molar-refractivity contribution in [3.8, 4) is 0 Å². The van der Waals surface area contributed by atoms with Crippen LogP contribution in [-0.2, 0) is 21.4 Å². The molecule has 1 rings (SSSR count). The van der Waals surface area contributed by atoms with Gasteiger partial charge in [0.15, 0.2) is 0 Å². The molecule has 2 heteroatoms. The normalized spacial score (nSPS) is 11.2. The Balaban J connectivity index is 3.10. The first-order valence-corrected chi connectivity index (χ1v) is 5.79. The van der Waals surface area contributed by atoms with E-state index in [1.54, 1.807) is 0 Å². The van der Waals surface area contributed by atoms with Gasteiger partial charge < -0.3 is 4.74 Å². The molecular weight excluding hydrogens is 200 g/mol. The highest BCUT2D eigenvalue weighted by molar-refractivity contribution is 5.82. The van der Waals surface area contributed by atoms with Gasteiger partial charge in [-0.15, -0.1) is 0 Å². The number of carbonyl (C=O) groups excluding carboxylic acids is 1. The summed E-state index contributed by atoms with van der Waals surface area (Å²) in [6.07, 6.45) is 0.930. The van der Waals surface area contributed by atoms with Crippen LogP contribution in [0.2, 0.25) is 0 Å². The average molecular weight is 220 g/mol. The van der Waals surface area contributed by atoms with E-state index in [0.717, 1.165) is 12.0 Å². The maximum Gasteiger partial charge on any atom is 0.315 e. The van der Waals surface area contributed by atoms with Crippen LogP contribution < -0.4 is 0 Å². The molecule has 0 atom stereocenters. The third kappa shape index (κ3) is 2.43. The second-order valence-corrected chi connectivity index (χ2v) is 4.36. The lowest BCUT2D eigenvalue weighted by atomic mass is 9.81. The molecule has 0 amide bonds. The van der Waals surface area contributed by atoms with E-state index in [4.69, 9.17) is 4.74 Å². The predicted molar refractivity (Wildman–Crippen MR) is 65.5 cm³/mol. The van der Waals surface area contributed by atoms with Crippen molar-refractivity contribution >= 4 is 5.97 Å². The van der Waals surface area contributed by atoms with Crippen molar-refractivity contribution in [1.29, 1.82) is 0 Å². The van der Waals surface area contributed by atoms with Gasteiger partial charge in [-0.25, -0.2) is 0 Å². The van der Waals surface area contributed by atoms with Crippen LogP contribution >= 0.6 is 0 Å². The van der Waals surface area contributed by atoms with Crippen LogP contribution in [0.15, 0.2) is 24.3 Å². The smallest absolute Gasteiger partial charge is 0.315 e. The molecule has 0 aliphatic heterocycles. The van der Waals surface area contributed by atoms with E-state index < -0.39 is 5.41 Å². The highest BCUT2D eigenvalue weighted by Gasteiger charge is 2.32. The maximum absolute atomic E-state index is 11.9. The zero-order chi connectivity index (χ0) is 12.2. The summed E-state index contributed by atoms with van der Waals surface area (Å²) in [5.41, 5.74) is 1.71. The van der Waals surface area contributed by atoms with E-state index in [1.165, 1.54) is 5.56 Å². The van der Waals surface area contributed by atoms with Crippen LogP contribution in [0, 0.1) is 0 Å². The monoisotopic (exact) mass is 220 g/mol. The highest BCUT2D eigenvalue weighted by Crippen LogP contribution is 2.28. The molecule has 88 valence electrons. The van der Waals surface area contributed by atoms with Crippen LogP contribution in [0.5, 0.6) is 0 Å². The largest absolute Gasteiger partial charge is 0.465 e. The van der Waals surface area contributed by atoms with E-state index in [9.17, 15) is 4.79 Å². The molecule has 0 saturated heterocycles. The molecule has 0 N–H and O–H groups in total. The molecule has 1 aromatic rings. The number of ether oxygens (including phenoxy) is 1. The molecule has 0 spiro atoms. The Morgan fingerprint density at radius 2 is 1.88 bits per heavy atom. The van der Waals surface area contributed by atoms with Crippen molar-refractivity contribution in [1.82, 2.24) is 0 Å². The fourth-order valence-electron chi connectivity index (χ4n) is 1.86. The lowest BCUT2D eigenvalue weighted by Crippen LogP contribution is -2.32. The molecule has 16 heavy (non-hydrogen) atoms. The second-order valence-electron chi connectivity index (χ2n) is 4.36. The first-order chi connectivity index (χ1) is 7.54. The number of hydrogen-bond acceptors (Lipinski definition) is 2. The third-order valence-electron chi connectivity index (χ3n) is 2.86. The first-order valence-electron chi connectivity index (χ1n) is 5.79. The van der Waals surface area contributed by atoms with Gasteiger partial charge in [0.1, 0.15) is 0 Å². The Morgan fingerprint density at radius 3 is 2.44 bits per heavy atom. The Labute approximate surface area is 97.6 Å². The van der Waals surface area contributed by atoms with Crippen LogP contribution in [-0.4, -0.2) is 12.6 Å². The quantitative estimate of drug-likeness (QED) is 0.729. The van der Waals surface area contributed by atoms with Gasteiger partial charge in [0, 0.05) is 0 Å². The number of benzene rings is 1. The Bertz CT molecular complexity index is 367. The number of carbonyl (C=O) groups is 1. The van der Waals surface area contributed by atoms with Gasteiger partial charge >= 0.3 is 5.97 Å². The van der Waals surface area contributed by atoms with E-state index in [2.05, 4.69) is 13.0 Å². The molecule has 0 fully saturated rings. The average Bonchev–Trinajstić information content (AvgIpc) is 2.29. The van der Waals surface area contributed by atoms with Crippen molar-refractivity contribution in [2.45, 2.75) is 39.5 Å². The predicted octanol–water partition coefficient (Wildman–Crippen LogP) is 3.09. The summed E-state index contributed by atoms with van der Waals surface area (Å²) in [5, 5.41) is 0. The zero-order valence-electron chi connectivity index (χ0n) is 10.5. The fourth-order valence-corrected chi connectivity index (χ4v) is 1.86. The molecule has 0 bridgehead atoms. The minimum absolute atomic E-state index is 0.157. The first kappa shape index (κ1) is 12.8. The summed E-state index contributed by atoms with van der Waals surface area (Å²) in [4.78, 5) is 11.9. The van der Waals surface area contributed by atoms with E-state index in [1.807, 2.05) is 39.0 Å². The van der Waals surface area contributed by atoms with E-state index >= 15 is 0 Å². The maximum atomic E-state index is 11.9. The summed E-state index contributed by atoms with van der Waals surface area (Å²) < 4.78 is 5.12. The number of rotatable bonds is 4. The van der Waals surface area contributed by atoms with Crippen molar-refractivity contribution in [2.24, 2.45) is 0 Å². The number of esters is 1. The van der Waals surface area contributed by atoms with Crippen molar-refractivity contribution in [3.05, 3.63) is 35.4 Å². The summed E-state index contributed by atoms with van der Waals surface area (Å²) >= 11 is 0.